The highest BCUT2D eigenvalue weighted by molar-refractivity contribution is 5.33. The van der Waals surface area contributed by atoms with Crippen LogP contribution in [0.2, 0.25) is 0 Å². The fourth-order valence-electron chi connectivity index (χ4n) is 2.89. The van der Waals surface area contributed by atoms with Gasteiger partial charge in [0.15, 0.2) is 11.6 Å². The number of rotatable bonds is 5. The van der Waals surface area contributed by atoms with Gasteiger partial charge in [0, 0.05) is 31.9 Å². The summed E-state index contributed by atoms with van der Waals surface area (Å²) in [5.74, 6) is 0.813. The summed E-state index contributed by atoms with van der Waals surface area (Å²) >= 11 is 0. The van der Waals surface area contributed by atoms with Crippen molar-refractivity contribution in [2.24, 2.45) is 0 Å². The predicted octanol–water partition coefficient (Wildman–Crippen LogP) is 2.70. The summed E-state index contributed by atoms with van der Waals surface area (Å²) in [5, 5.41) is 11.3. The maximum Gasteiger partial charge on any atom is 0.165 e. The zero-order chi connectivity index (χ0) is 16.1. The van der Waals surface area contributed by atoms with Crippen LogP contribution in [0.3, 0.4) is 0 Å². The molecule has 2 aromatic rings. The molecule has 0 aliphatic carbocycles. The standard InChI is InChI=1S/C17H21FN4O/c1-23-16-5-4-13(11-15(16)18)12-22-9-6-14(7-10-22)20-17-3-2-8-19-21-17/h2-5,8,11,14H,6-7,9-10,12H2,1H3,(H,20,21). The van der Waals surface area contributed by atoms with Crippen molar-refractivity contribution in [1.82, 2.24) is 15.1 Å². The average molecular weight is 316 g/mol. The monoisotopic (exact) mass is 316 g/mol. The zero-order valence-electron chi connectivity index (χ0n) is 13.2. The fourth-order valence-corrected chi connectivity index (χ4v) is 2.89. The average Bonchev–Trinajstić information content (AvgIpc) is 2.58. The lowest BCUT2D eigenvalue weighted by molar-refractivity contribution is 0.211. The highest BCUT2D eigenvalue weighted by Gasteiger charge is 2.19. The van der Waals surface area contributed by atoms with E-state index < -0.39 is 0 Å². The van der Waals surface area contributed by atoms with Gasteiger partial charge in [-0.1, -0.05) is 6.07 Å². The van der Waals surface area contributed by atoms with E-state index >= 15 is 0 Å². The van der Waals surface area contributed by atoms with Crippen LogP contribution in [0, 0.1) is 5.82 Å². The van der Waals surface area contributed by atoms with Gasteiger partial charge in [-0.2, -0.15) is 5.10 Å². The lowest BCUT2D eigenvalue weighted by atomic mass is 10.0. The van der Waals surface area contributed by atoms with Crippen LogP contribution >= 0.6 is 0 Å². The van der Waals surface area contributed by atoms with Gasteiger partial charge in [-0.3, -0.25) is 4.90 Å². The Labute approximate surface area is 135 Å². The van der Waals surface area contributed by atoms with E-state index in [4.69, 9.17) is 4.74 Å². The number of benzene rings is 1. The summed E-state index contributed by atoms with van der Waals surface area (Å²) in [7, 11) is 1.48. The smallest absolute Gasteiger partial charge is 0.165 e. The second-order valence-electron chi connectivity index (χ2n) is 5.77. The number of methoxy groups -OCH3 is 1. The highest BCUT2D eigenvalue weighted by Crippen LogP contribution is 2.21. The molecule has 0 amide bonds. The van der Waals surface area contributed by atoms with E-state index in [-0.39, 0.29) is 5.82 Å². The molecule has 0 atom stereocenters. The predicted molar refractivity (Wildman–Crippen MR) is 86.9 cm³/mol. The van der Waals surface area contributed by atoms with Crippen LogP contribution < -0.4 is 10.1 Å². The number of ether oxygens (including phenoxy) is 1. The number of anilines is 1. The van der Waals surface area contributed by atoms with Crippen molar-refractivity contribution in [2.75, 3.05) is 25.5 Å². The molecule has 0 spiro atoms. The van der Waals surface area contributed by atoms with Crippen LogP contribution in [-0.2, 0) is 6.54 Å². The van der Waals surface area contributed by atoms with E-state index in [0.29, 0.717) is 11.8 Å². The molecule has 5 nitrogen and oxygen atoms in total. The highest BCUT2D eigenvalue weighted by atomic mass is 19.1. The topological polar surface area (TPSA) is 50.3 Å². The molecule has 6 heteroatoms. The lowest BCUT2D eigenvalue weighted by Gasteiger charge is -2.32. The van der Waals surface area contributed by atoms with Crippen molar-refractivity contribution >= 4 is 5.82 Å². The number of halogens is 1. The largest absolute Gasteiger partial charge is 0.494 e. The van der Waals surface area contributed by atoms with E-state index in [0.717, 1.165) is 43.9 Å². The van der Waals surface area contributed by atoms with E-state index in [1.54, 1.807) is 18.3 Å². The molecule has 0 radical (unpaired) electrons. The van der Waals surface area contributed by atoms with Gasteiger partial charge in [0.25, 0.3) is 0 Å². The number of likely N-dealkylation sites (tertiary alicyclic amines) is 1. The Balaban J connectivity index is 1.50. The molecule has 122 valence electrons. The van der Waals surface area contributed by atoms with Gasteiger partial charge < -0.3 is 10.1 Å². The molecule has 0 bridgehead atoms. The normalized spacial score (nSPS) is 16.3. The SMILES string of the molecule is COc1ccc(CN2CCC(Nc3cccnn3)CC2)cc1F. The van der Waals surface area contributed by atoms with Crippen LogP contribution in [0.4, 0.5) is 10.2 Å². The van der Waals surface area contributed by atoms with E-state index in [1.165, 1.54) is 7.11 Å². The van der Waals surface area contributed by atoms with Crippen LogP contribution in [0.25, 0.3) is 0 Å². The summed E-state index contributed by atoms with van der Waals surface area (Å²) in [6.45, 7) is 2.72. The van der Waals surface area contributed by atoms with Gasteiger partial charge in [0.1, 0.15) is 5.82 Å². The maximum atomic E-state index is 13.7. The van der Waals surface area contributed by atoms with Gasteiger partial charge >= 0.3 is 0 Å². The second-order valence-corrected chi connectivity index (χ2v) is 5.77. The Morgan fingerprint density at radius 3 is 2.78 bits per heavy atom. The third-order valence-corrected chi connectivity index (χ3v) is 4.13. The zero-order valence-corrected chi connectivity index (χ0v) is 13.2. The van der Waals surface area contributed by atoms with E-state index in [2.05, 4.69) is 20.4 Å². The van der Waals surface area contributed by atoms with Crippen LogP contribution in [0.15, 0.2) is 36.5 Å². The molecule has 1 saturated heterocycles. The van der Waals surface area contributed by atoms with Crippen molar-refractivity contribution in [3.63, 3.8) is 0 Å². The number of hydrogen-bond donors (Lipinski definition) is 1. The molecule has 1 N–H and O–H groups in total. The first-order valence-electron chi connectivity index (χ1n) is 7.83. The van der Waals surface area contributed by atoms with Crippen molar-refractivity contribution < 1.29 is 9.13 Å². The first kappa shape index (κ1) is 15.7. The van der Waals surface area contributed by atoms with Gasteiger partial charge in [-0.25, -0.2) is 4.39 Å². The second kappa shape index (κ2) is 7.37. The van der Waals surface area contributed by atoms with Crippen molar-refractivity contribution in [3.05, 3.63) is 47.9 Å². The lowest BCUT2D eigenvalue weighted by Crippen LogP contribution is -2.38. The maximum absolute atomic E-state index is 13.7. The minimum absolute atomic E-state index is 0.292. The molecule has 1 aromatic heterocycles. The number of aromatic nitrogens is 2. The van der Waals surface area contributed by atoms with E-state index in [9.17, 15) is 4.39 Å². The van der Waals surface area contributed by atoms with Crippen molar-refractivity contribution in [1.29, 1.82) is 0 Å². The van der Waals surface area contributed by atoms with Crippen LogP contribution in [0.1, 0.15) is 18.4 Å². The molecule has 0 saturated carbocycles. The number of nitrogens with zero attached hydrogens (tertiary/aromatic N) is 3. The Kier molecular flexibility index (Phi) is 5.02. The van der Waals surface area contributed by atoms with Crippen molar-refractivity contribution in [3.8, 4) is 5.75 Å². The Hall–Kier alpha value is -2.21. The van der Waals surface area contributed by atoms with E-state index in [1.807, 2.05) is 18.2 Å². The molecule has 1 aliphatic heterocycles. The van der Waals surface area contributed by atoms with Gasteiger partial charge in [0.05, 0.1) is 7.11 Å². The number of piperidine rings is 1. The first-order chi connectivity index (χ1) is 11.2. The number of nitrogens with one attached hydrogen (secondary N) is 1. The summed E-state index contributed by atoms with van der Waals surface area (Å²) < 4.78 is 18.7. The fraction of sp³-hybridized carbons (Fsp3) is 0.412. The minimum atomic E-state index is -0.302. The third kappa shape index (κ3) is 4.16. The Bertz CT molecular complexity index is 630. The summed E-state index contributed by atoms with van der Waals surface area (Å²) in [6.07, 6.45) is 3.74. The van der Waals surface area contributed by atoms with Crippen LogP contribution in [-0.4, -0.2) is 41.3 Å². The summed E-state index contributed by atoms with van der Waals surface area (Å²) in [4.78, 5) is 2.34. The quantitative estimate of drug-likeness (QED) is 0.919. The molecule has 1 fully saturated rings. The molecule has 1 aromatic carbocycles. The van der Waals surface area contributed by atoms with Gasteiger partial charge in [0.2, 0.25) is 0 Å². The number of hydrogen-bond acceptors (Lipinski definition) is 5. The van der Waals surface area contributed by atoms with Crippen molar-refractivity contribution in [2.45, 2.75) is 25.4 Å². The van der Waals surface area contributed by atoms with Gasteiger partial charge in [-0.15, -0.1) is 5.10 Å². The summed E-state index contributed by atoms with van der Waals surface area (Å²) in [6, 6.07) is 9.39. The minimum Gasteiger partial charge on any atom is -0.494 e. The molecular formula is C17H21FN4O. The first-order valence-corrected chi connectivity index (χ1v) is 7.83. The molecule has 2 heterocycles. The van der Waals surface area contributed by atoms with Crippen LogP contribution in [0.5, 0.6) is 5.75 Å². The molecule has 23 heavy (non-hydrogen) atoms. The Morgan fingerprint density at radius 1 is 1.30 bits per heavy atom. The Morgan fingerprint density at radius 2 is 2.13 bits per heavy atom. The summed E-state index contributed by atoms with van der Waals surface area (Å²) in [5.41, 5.74) is 0.976. The third-order valence-electron chi connectivity index (χ3n) is 4.13. The molecule has 0 unspecified atom stereocenters. The molecule has 3 rings (SSSR count). The molecular weight excluding hydrogens is 295 g/mol. The van der Waals surface area contributed by atoms with Gasteiger partial charge in [-0.05, 0) is 42.7 Å². The molecule has 1 aliphatic rings.